The van der Waals surface area contributed by atoms with Crippen LogP contribution in [0.5, 0.6) is 17.2 Å². The number of benzene rings is 2. The predicted octanol–water partition coefficient (Wildman–Crippen LogP) is 2.78. The van der Waals surface area contributed by atoms with Gasteiger partial charge in [0.05, 0.1) is 11.1 Å². The van der Waals surface area contributed by atoms with Crippen LogP contribution in [0.4, 0.5) is 8.78 Å². The molecule has 120 valence electrons. The average Bonchev–Trinajstić information content (AvgIpc) is 2.53. The number of aromatic nitrogens is 1. The van der Waals surface area contributed by atoms with Crippen LogP contribution in [0.15, 0.2) is 35.3 Å². The number of phenols is 1. The number of phenolic OH excluding ortho intramolecular Hbond substituents is 1. The van der Waals surface area contributed by atoms with Gasteiger partial charge in [0.15, 0.2) is 17.3 Å². The van der Waals surface area contributed by atoms with Gasteiger partial charge in [0.2, 0.25) is 11.2 Å². The molecule has 1 aliphatic heterocycles. The number of hydrogen-bond donors (Lipinski definition) is 2. The van der Waals surface area contributed by atoms with Gasteiger partial charge in [-0.05, 0) is 18.2 Å². The first-order valence-electron chi connectivity index (χ1n) is 6.70. The fourth-order valence-corrected chi connectivity index (χ4v) is 2.73. The van der Waals surface area contributed by atoms with Gasteiger partial charge in [-0.15, -0.1) is 0 Å². The zero-order chi connectivity index (χ0) is 17.2. The summed E-state index contributed by atoms with van der Waals surface area (Å²) in [5.41, 5.74) is -1.35. The molecule has 0 bridgehead atoms. The first-order valence-corrected chi connectivity index (χ1v) is 6.70. The molecule has 3 aromatic rings. The van der Waals surface area contributed by atoms with Crippen molar-refractivity contribution in [1.82, 2.24) is 4.57 Å². The van der Waals surface area contributed by atoms with Crippen LogP contribution in [0, 0.1) is 11.6 Å². The normalized spacial score (nSPS) is 11.9. The second-order valence-electron chi connectivity index (χ2n) is 5.20. The third kappa shape index (κ3) is 1.73. The molecule has 0 saturated carbocycles. The average molecular weight is 331 g/mol. The summed E-state index contributed by atoms with van der Waals surface area (Å²) in [7, 11) is 0. The van der Waals surface area contributed by atoms with Crippen molar-refractivity contribution >= 4 is 16.9 Å². The van der Waals surface area contributed by atoms with Gasteiger partial charge in [0, 0.05) is 12.3 Å². The van der Waals surface area contributed by atoms with E-state index < -0.39 is 34.3 Å². The van der Waals surface area contributed by atoms with E-state index >= 15 is 0 Å². The van der Waals surface area contributed by atoms with E-state index in [0.29, 0.717) is 6.07 Å². The van der Waals surface area contributed by atoms with E-state index in [9.17, 15) is 28.6 Å². The van der Waals surface area contributed by atoms with Crippen molar-refractivity contribution in [3.05, 3.63) is 57.9 Å². The highest BCUT2D eigenvalue weighted by atomic mass is 19.2. The number of ether oxygens (including phenoxy) is 1. The van der Waals surface area contributed by atoms with Gasteiger partial charge in [0.25, 0.3) is 0 Å². The van der Waals surface area contributed by atoms with Crippen LogP contribution in [-0.4, -0.2) is 20.7 Å². The summed E-state index contributed by atoms with van der Waals surface area (Å²) >= 11 is 0. The number of carbonyl (C=O) groups is 1. The maximum absolute atomic E-state index is 14.1. The number of carboxylic acid groups (broad SMARTS) is 1. The third-order valence-electron chi connectivity index (χ3n) is 3.78. The van der Waals surface area contributed by atoms with Gasteiger partial charge in [-0.1, -0.05) is 0 Å². The van der Waals surface area contributed by atoms with E-state index in [1.807, 2.05) is 0 Å². The Labute approximate surface area is 131 Å². The molecule has 0 fully saturated rings. The fourth-order valence-electron chi connectivity index (χ4n) is 2.73. The lowest BCUT2D eigenvalue weighted by Gasteiger charge is -2.24. The van der Waals surface area contributed by atoms with Crippen molar-refractivity contribution in [1.29, 1.82) is 0 Å². The van der Waals surface area contributed by atoms with E-state index in [-0.39, 0.29) is 28.1 Å². The highest BCUT2D eigenvalue weighted by Gasteiger charge is 2.28. The van der Waals surface area contributed by atoms with E-state index in [2.05, 4.69) is 0 Å². The number of rotatable bonds is 1. The minimum Gasteiger partial charge on any atom is -0.508 e. The lowest BCUT2D eigenvalue weighted by Crippen LogP contribution is -2.21. The molecular formula is C16H7F2NO5. The maximum atomic E-state index is 14.1. The summed E-state index contributed by atoms with van der Waals surface area (Å²) in [4.78, 5) is 23.6. The van der Waals surface area contributed by atoms with Crippen LogP contribution < -0.4 is 10.2 Å². The van der Waals surface area contributed by atoms with Gasteiger partial charge in [-0.2, -0.15) is 4.39 Å². The Morgan fingerprint density at radius 3 is 2.67 bits per heavy atom. The van der Waals surface area contributed by atoms with E-state index in [1.54, 1.807) is 0 Å². The molecule has 8 heteroatoms. The molecule has 0 spiro atoms. The molecule has 1 aliphatic rings. The molecule has 0 amide bonds. The standard InChI is InChI=1S/C16H7F2NO5/c17-9-4-7-13-15(12(9)18)24-11-3-6(20)1-2-10(11)19(13)5-8(14(7)21)16(22)23/h1-5,20H,(H,22,23). The number of pyridine rings is 1. The lowest BCUT2D eigenvalue weighted by molar-refractivity contribution is 0.0695. The lowest BCUT2D eigenvalue weighted by atomic mass is 10.1. The van der Waals surface area contributed by atoms with Crippen molar-refractivity contribution < 1.29 is 28.5 Å². The highest BCUT2D eigenvalue weighted by Crippen LogP contribution is 2.42. The molecule has 0 atom stereocenters. The molecule has 0 radical (unpaired) electrons. The molecule has 0 saturated heterocycles. The Kier molecular flexibility index (Phi) is 2.69. The van der Waals surface area contributed by atoms with Gasteiger partial charge in [0.1, 0.15) is 16.8 Å². The Hall–Kier alpha value is -3.42. The van der Waals surface area contributed by atoms with Crippen molar-refractivity contribution in [3.8, 4) is 22.9 Å². The van der Waals surface area contributed by atoms with Crippen molar-refractivity contribution in [2.75, 3.05) is 0 Å². The van der Waals surface area contributed by atoms with Crippen molar-refractivity contribution in [2.24, 2.45) is 0 Å². The molecule has 6 nitrogen and oxygen atoms in total. The van der Waals surface area contributed by atoms with Crippen LogP contribution in [-0.2, 0) is 0 Å². The largest absolute Gasteiger partial charge is 0.508 e. The van der Waals surface area contributed by atoms with Gasteiger partial charge < -0.3 is 19.5 Å². The Bertz CT molecular complexity index is 1120. The topological polar surface area (TPSA) is 88.8 Å². The van der Waals surface area contributed by atoms with E-state index in [0.717, 1.165) is 6.20 Å². The fraction of sp³-hybridized carbons (Fsp3) is 0. The minimum atomic E-state index is -1.50. The van der Waals surface area contributed by atoms with Crippen LogP contribution in [0.2, 0.25) is 0 Å². The van der Waals surface area contributed by atoms with Crippen LogP contribution in [0.25, 0.3) is 16.6 Å². The zero-order valence-electron chi connectivity index (χ0n) is 11.7. The number of nitrogens with zero attached hydrogens (tertiary/aromatic N) is 1. The number of halogens is 2. The second kappa shape index (κ2) is 4.54. The van der Waals surface area contributed by atoms with Crippen LogP contribution in [0.1, 0.15) is 10.4 Å². The number of hydrogen-bond acceptors (Lipinski definition) is 4. The smallest absolute Gasteiger partial charge is 0.341 e. The monoisotopic (exact) mass is 331 g/mol. The SMILES string of the molecule is O=C(O)c1cn2c3c(c(F)c(F)cc3c1=O)Oc1cc(O)ccc1-2. The Balaban J connectivity index is 2.26. The first kappa shape index (κ1) is 14.2. The summed E-state index contributed by atoms with van der Waals surface area (Å²) in [5, 5.41) is 18.4. The summed E-state index contributed by atoms with van der Waals surface area (Å²) in [5.74, 6) is -4.88. The molecule has 0 aliphatic carbocycles. The zero-order valence-corrected chi connectivity index (χ0v) is 11.7. The maximum Gasteiger partial charge on any atom is 0.341 e. The number of fused-ring (bicyclic) bond motifs is 2. The van der Waals surface area contributed by atoms with Crippen LogP contribution in [0.3, 0.4) is 0 Å². The predicted molar refractivity (Wildman–Crippen MR) is 78.2 cm³/mol. The van der Waals surface area contributed by atoms with Crippen LogP contribution >= 0.6 is 0 Å². The molecule has 2 aromatic carbocycles. The van der Waals surface area contributed by atoms with Crippen molar-refractivity contribution in [2.45, 2.75) is 0 Å². The van der Waals surface area contributed by atoms with Crippen molar-refractivity contribution in [3.63, 3.8) is 0 Å². The molecule has 2 heterocycles. The first-order chi connectivity index (χ1) is 11.4. The molecule has 24 heavy (non-hydrogen) atoms. The number of aromatic carboxylic acids is 1. The molecular weight excluding hydrogens is 324 g/mol. The molecule has 4 rings (SSSR count). The Morgan fingerprint density at radius 1 is 1.21 bits per heavy atom. The number of carboxylic acids is 1. The van der Waals surface area contributed by atoms with Gasteiger partial charge >= 0.3 is 5.97 Å². The van der Waals surface area contributed by atoms with Gasteiger partial charge in [-0.25, -0.2) is 9.18 Å². The molecule has 0 unspecified atom stereocenters. The number of aromatic hydroxyl groups is 1. The summed E-state index contributed by atoms with van der Waals surface area (Å²) in [6.07, 6.45) is 1.02. The summed E-state index contributed by atoms with van der Waals surface area (Å²) in [6.45, 7) is 0. The summed E-state index contributed by atoms with van der Waals surface area (Å²) in [6, 6.07) is 4.54. The van der Waals surface area contributed by atoms with E-state index in [1.165, 1.54) is 22.8 Å². The quantitative estimate of drug-likeness (QED) is 0.560. The molecule has 1 aromatic heterocycles. The third-order valence-corrected chi connectivity index (χ3v) is 3.78. The highest BCUT2D eigenvalue weighted by molar-refractivity contribution is 5.96. The molecule has 2 N–H and O–H groups in total. The minimum absolute atomic E-state index is 0.00622. The second-order valence-corrected chi connectivity index (χ2v) is 5.20. The van der Waals surface area contributed by atoms with Gasteiger partial charge in [-0.3, -0.25) is 4.79 Å². The van der Waals surface area contributed by atoms with E-state index in [4.69, 9.17) is 4.74 Å². The Morgan fingerprint density at radius 2 is 1.96 bits per heavy atom. The summed E-state index contributed by atoms with van der Waals surface area (Å²) < 4.78 is 34.5.